The molecule has 2 nitrogen and oxygen atoms in total. The predicted molar refractivity (Wildman–Crippen MR) is 230 cm³/mol. The van der Waals surface area contributed by atoms with Crippen LogP contribution in [0, 0.1) is 0 Å². The van der Waals surface area contributed by atoms with Crippen LogP contribution in [0.4, 0.5) is 11.4 Å². The van der Waals surface area contributed by atoms with Gasteiger partial charge in [0.2, 0.25) is 0 Å². The van der Waals surface area contributed by atoms with Crippen LogP contribution in [0.15, 0.2) is 70.6 Å². The third kappa shape index (κ3) is 17.1. The molecular formula is C47H71BrN2Ni. The van der Waals surface area contributed by atoms with E-state index in [0.29, 0.717) is 0 Å². The molecule has 0 spiro atoms. The van der Waals surface area contributed by atoms with Gasteiger partial charge in [0.05, 0.1) is 22.8 Å². The van der Waals surface area contributed by atoms with Gasteiger partial charge in [-0.25, -0.2) is 0 Å². The van der Waals surface area contributed by atoms with Crippen molar-refractivity contribution >= 4 is 37.0 Å². The second-order valence-corrected chi connectivity index (χ2v) is 14.3. The molecule has 0 unspecified atom stereocenters. The molecule has 0 radical (unpaired) electrons. The minimum atomic E-state index is 0.861. The van der Waals surface area contributed by atoms with Gasteiger partial charge in [0, 0.05) is 0 Å². The van der Waals surface area contributed by atoms with E-state index in [1.807, 2.05) is 0 Å². The molecule has 0 saturated heterocycles. The number of nitrogens with zero attached hydrogens (tertiary/aromatic N) is 2. The average molecular weight is 803 g/mol. The normalized spacial score (nSPS) is 11.9. The summed E-state index contributed by atoms with van der Waals surface area (Å²) in [7, 11) is 0. The van der Waals surface area contributed by atoms with Crippen LogP contribution in [0.2, 0.25) is 0 Å². The summed E-state index contributed by atoms with van der Waals surface area (Å²) in [6.07, 6.45) is 26.2. The SMILES string of the molecule is CCCCCCCCc1ccc(N=C(C)C(CC)=Nc2cc(CCCCCC)c(CCCCCC)c(-c3ccccc3)c2)cc1CCCC.[NiH][Br]. The van der Waals surface area contributed by atoms with E-state index in [9.17, 15) is 0 Å². The van der Waals surface area contributed by atoms with Crippen LogP contribution in [0.3, 0.4) is 0 Å². The first-order chi connectivity index (χ1) is 25.0. The summed E-state index contributed by atoms with van der Waals surface area (Å²) in [5.41, 5.74) is 13.0. The van der Waals surface area contributed by atoms with Gasteiger partial charge in [-0.3, -0.25) is 9.98 Å². The molecule has 0 bridgehead atoms. The Kier molecular flexibility index (Phi) is 25.2. The molecule has 3 aromatic carbocycles. The maximum atomic E-state index is 5.36. The van der Waals surface area contributed by atoms with Crippen molar-refractivity contribution in [1.29, 1.82) is 0 Å². The zero-order chi connectivity index (χ0) is 37.1. The van der Waals surface area contributed by atoms with Crippen molar-refractivity contribution in [3.8, 4) is 11.1 Å². The number of hydrogen-bond acceptors (Lipinski definition) is 2. The van der Waals surface area contributed by atoms with Crippen molar-refractivity contribution in [3.05, 3.63) is 82.9 Å². The Morgan fingerprint density at radius 2 is 1.04 bits per heavy atom. The first-order valence-electron chi connectivity index (χ1n) is 20.6. The third-order valence-electron chi connectivity index (χ3n) is 10.1. The molecule has 0 aromatic heterocycles. The van der Waals surface area contributed by atoms with Crippen molar-refractivity contribution in [3.63, 3.8) is 0 Å². The number of aryl methyl sites for hydroxylation is 3. The first-order valence-corrected chi connectivity index (χ1v) is 23.2. The van der Waals surface area contributed by atoms with Gasteiger partial charge in [0.15, 0.2) is 0 Å². The number of halogens is 1. The molecule has 3 aromatic rings. The fourth-order valence-electron chi connectivity index (χ4n) is 7.10. The van der Waals surface area contributed by atoms with Crippen molar-refractivity contribution in [2.45, 2.75) is 176 Å². The zero-order valence-electron chi connectivity index (χ0n) is 33.2. The Labute approximate surface area is 329 Å². The molecule has 0 saturated carbocycles. The van der Waals surface area contributed by atoms with Gasteiger partial charge in [0.1, 0.15) is 0 Å². The molecule has 0 atom stereocenters. The summed E-state index contributed by atoms with van der Waals surface area (Å²) in [6, 6.07) is 22.8. The first kappa shape index (κ1) is 45.1. The van der Waals surface area contributed by atoms with Gasteiger partial charge in [-0.15, -0.1) is 0 Å². The van der Waals surface area contributed by atoms with Crippen molar-refractivity contribution < 1.29 is 13.7 Å². The van der Waals surface area contributed by atoms with Gasteiger partial charge < -0.3 is 0 Å². The second-order valence-electron chi connectivity index (χ2n) is 14.3. The van der Waals surface area contributed by atoms with Crippen LogP contribution < -0.4 is 0 Å². The zero-order valence-corrected chi connectivity index (χ0v) is 35.9. The quantitative estimate of drug-likeness (QED) is 0.0463. The van der Waals surface area contributed by atoms with E-state index in [1.54, 1.807) is 5.56 Å². The van der Waals surface area contributed by atoms with Crippen LogP contribution in [-0.4, -0.2) is 11.4 Å². The Morgan fingerprint density at radius 1 is 0.510 bits per heavy atom. The van der Waals surface area contributed by atoms with Crippen molar-refractivity contribution in [1.82, 2.24) is 0 Å². The molecule has 51 heavy (non-hydrogen) atoms. The summed E-state index contributed by atoms with van der Waals surface area (Å²) in [5.74, 6) is 0. The predicted octanol–water partition coefficient (Wildman–Crippen LogP) is 15.7. The monoisotopic (exact) mass is 800 g/mol. The third-order valence-corrected chi connectivity index (χ3v) is 10.1. The molecule has 0 N–H and O–H groups in total. The standard InChI is InChI=1S/C47H70N2.BrH.Ni.H/c1-7-12-16-19-20-23-28-39-33-34-43(35-41(39)27-15-10-4)48-38(6)47(11-5)49-44-36-42(31-22-17-13-8-2)45(32-26-18-14-9-3)46(37-44)40-29-24-21-25-30-40;;;/h21,24-25,29-30,33-37H,7-20,22-23,26-28,31-32H2,1-6H3;1H;;/q;;+1;/p-1. The average Bonchev–Trinajstić information content (AvgIpc) is 3.16. The van der Waals surface area contributed by atoms with Crippen LogP contribution in [-0.2, 0) is 39.4 Å². The van der Waals surface area contributed by atoms with E-state index < -0.39 is 0 Å². The van der Waals surface area contributed by atoms with E-state index in [2.05, 4.69) is 130 Å². The Morgan fingerprint density at radius 3 is 1.67 bits per heavy atom. The van der Waals surface area contributed by atoms with Gasteiger partial charge in [-0.1, -0.05) is 148 Å². The Hall–Kier alpha value is -2.03. The number of benzene rings is 3. The fraction of sp³-hybridized carbons (Fsp3) is 0.574. The summed E-state index contributed by atoms with van der Waals surface area (Å²) < 4.78 is 0. The molecule has 0 aliphatic rings. The molecule has 286 valence electrons. The molecule has 0 aliphatic heterocycles. The van der Waals surface area contributed by atoms with Crippen LogP contribution in [0.1, 0.15) is 173 Å². The number of hydrogen-bond donors (Lipinski definition) is 0. The Bertz CT molecular complexity index is 1410. The van der Waals surface area contributed by atoms with E-state index in [-0.39, 0.29) is 0 Å². The van der Waals surface area contributed by atoms with E-state index in [4.69, 9.17) is 9.98 Å². The van der Waals surface area contributed by atoms with E-state index in [1.165, 1.54) is 137 Å². The summed E-state index contributed by atoms with van der Waals surface area (Å²) in [5, 5.41) is 0. The topological polar surface area (TPSA) is 24.7 Å². The number of aliphatic imine (C=N–C) groups is 2. The molecule has 4 heteroatoms. The van der Waals surface area contributed by atoms with Crippen LogP contribution in [0.25, 0.3) is 11.1 Å². The molecule has 0 fully saturated rings. The van der Waals surface area contributed by atoms with Gasteiger partial charge in [0.25, 0.3) is 0 Å². The number of rotatable bonds is 25. The molecule has 0 heterocycles. The van der Waals surface area contributed by atoms with Gasteiger partial charge in [-0.05, 0) is 122 Å². The summed E-state index contributed by atoms with van der Waals surface area (Å²) in [6.45, 7) is 13.6. The van der Waals surface area contributed by atoms with Gasteiger partial charge in [-0.2, -0.15) is 0 Å². The Balaban J connectivity index is 0.00000442. The molecule has 0 aliphatic carbocycles. The van der Waals surface area contributed by atoms with E-state index in [0.717, 1.165) is 48.5 Å². The summed E-state index contributed by atoms with van der Waals surface area (Å²) >= 11 is 6.00. The second kappa shape index (κ2) is 28.5. The molecule has 3 rings (SSSR count). The van der Waals surface area contributed by atoms with Crippen LogP contribution in [0.5, 0.6) is 0 Å². The minimum absolute atomic E-state index is 0.861. The number of unbranched alkanes of at least 4 members (excludes halogenated alkanes) is 12. The van der Waals surface area contributed by atoms with Crippen molar-refractivity contribution in [2.24, 2.45) is 9.98 Å². The fourth-order valence-corrected chi connectivity index (χ4v) is 7.10. The van der Waals surface area contributed by atoms with Crippen LogP contribution >= 0.6 is 14.2 Å². The van der Waals surface area contributed by atoms with E-state index >= 15 is 0 Å². The maximum absolute atomic E-state index is 5.36. The molecular weight excluding hydrogens is 731 g/mol. The van der Waals surface area contributed by atoms with Crippen molar-refractivity contribution in [2.75, 3.05) is 0 Å². The molecule has 0 amide bonds. The van der Waals surface area contributed by atoms with Gasteiger partial charge >= 0.3 is 27.9 Å². The summed E-state index contributed by atoms with van der Waals surface area (Å²) in [4.78, 5) is 10.6.